The molecule has 1 aromatic rings. The number of hydrogen-bond donors (Lipinski definition) is 1. The molecule has 0 spiro atoms. The van der Waals surface area contributed by atoms with E-state index in [2.05, 4.69) is 11.8 Å². The quantitative estimate of drug-likeness (QED) is 0.915. The van der Waals surface area contributed by atoms with Crippen LogP contribution in [0.1, 0.15) is 24.9 Å². The Balaban J connectivity index is 2.37. The predicted molar refractivity (Wildman–Crippen MR) is 73.6 cm³/mol. The van der Waals surface area contributed by atoms with Crippen LogP contribution in [0.2, 0.25) is 10.0 Å². The largest absolute Gasteiger partial charge is 0.330 e. The topological polar surface area (TPSA) is 29.3 Å². The van der Waals surface area contributed by atoms with Gasteiger partial charge in [-0.2, -0.15) is 0 Å². The molecule has 4 heteroatoms. The fourth-order valence-corrected chi connectivity index (χ4v) is 3.13. The fourth-order valence-electron chi connectivity index (χ4n) is 2.72. The lowest BCUT2D eigenvalue weighted by molar-refractivity contribution is 0.242. The minimum absolute atomic E-state index is 0.316. The lowest BCUT2D eigenvalue weighted by Crippen LogP contribution is -2.28. The average molecular weight is 273 g/mol. The zero-order valence-electron chi connectivity index (χ0n) is 10.00. The average Bonchev–Trinajstić information content (AvgIpc) is 2.74. The van der Waals surface area contributed by atoms with Crippen molar-refractivity contribution in [3.05, 3.63) is 33.8 Å². The summed E-state index contributed by atoms with van der Waals surface area (Å²) in [6.07, 6.45) is 1.14. The number of likely N-dealkylation sites (tertiary alicyclic amines) is 1. The molecule has 0 saturated carbocycles. The van der Waals surface area contributed by atoms with E-state index in [4.69, 9.17) is 28.9 Å². The van der Waals surface area contributed by atoms with Crippen LogP contribution in [0.3, 0.4) is 0 Å². The van der Waals surface area contributed by atoms with E-state index in [1.165, 1.54) is 0 Å². The highest BCUT2D eigenvalue weighted by molar-refractivity contribution is 6.33. The number of nitrogens with two attached hydrogens (primary N) is 1. The molecule has 1 heterocycles. The molecule has 0 aliphatic carbocycles. The lowest BCUT2D eigenvalue weighted by Gasteiger charge is -2.28. The molecular weight excluding hydrogens is 255 g/mol. The number of nitrogens with zero attached hydrogens (tertiary/aromatic N) is 1. The van der Waals surface area contributed by atoms with Gasteiger partial charge in [-0.3, -0.25) is 4.90 Å². The highest BCUT2D eigenvalue weighted by Gasteiger charge is 2.34. The van der Waals surface area contributed by atoms with Gasteiger partial charge in [0, 0.05) is 16.1 Å². The monoisotopic (exact) mass is 272 g/mol. The van der Waals surface area contributed by atoms with Crippen molar-refractivity contribution in [3.8, 4) is 0 Å². The summed E-state index contributed by atoms with van der Waals surface area (Å²) >= 11 is 12.4. The summed E-state index contributed by atoms with van der Waals surface area (Å²) in [6.45, 7) is 4.98. The van der Waals surface area contributed by atoms with Gasteiger partial charge in [0.1, 0.15) is 0 Å². The van der Waals surface area contributed by atoms with Crippen LogP contribution in [-0.2, 0) is 0 Å². The predicted octanol–water partition coefficient (Wildman–Crippen LogP) is 3.34. The molecule has 1 fully saturated rings. The molecule has 2 atom stereocenters. The van der Waals surface area contributed by atoms with Gasteiger partial charge in [-0.05, 0) is 55.7 Å². The van der Waals surface area contributed by atoms with Gasteiger partial charge in [0.25, 0.3) is 0 Å². The molecule has 2 rings (SSSR count). The molecule has 1 aromatic carbocycles. The highest BCUT2D eigenvalue weighted by atomic mass is 35.5. The Labute approximate surface area is 113 Å². The second-order valence-electron chi connectivity index (χ2n) is 4.52. The number of rotatable bonds is 3. The summed E-state index contributed by atoms with van der Waals surface area (Å²) in [4.78, 5) is 2.43. The van der Waals surface area contributed by atoms with Gasteiger partial charge in [-0.15, -0.1) is 0 Å². The minimum atomic E-state index is 0.316. The summed E-state index contributed by atoms with van der Waals surface area (Å²) < 4.78 is 0. The van der Waals surface area contributed by atoms with Crippen molar-refractivity contribution >= 4 is 23.2 Å². The Morgan fingerprint density at radius 3 is 2.82 bits per heavy atom. The Bertz CT molecular complexity index is 383. The first kappa shape index (κ1) is 13.2. The zero-order chi connectivity index (χ0) is 12.4. The summed E-state index contributed by atoms with van der Waals surface area (Å²) in [5, 5.41) is 1.53. The Morgan fingerprint density at radius 1 is 1.41 bits per heavy atom. The maximum absolute atomic E-state index is 6.29. The third-order valence-corrected chi connectivity index (χ3v) is 4.19. The normalized spacial score (nSPS) is 25.4. The molecule has 1 saturated heterocycles. The molecule has 2 unspecified atom stereocenters. The van der Waals surface area contributed by atoms with Crippen LogP contribution in [0, 0.1) is 5.92 Å². The van der Waals surface area contributed by atoms with Crippen LogP contribution in [0.4, 0.5) is 0 Å². The maximum atomic E-state index is 6.29. The smallest absolute Gasteiger partial charge is 0.0455 e. The SMILES string of the molecule is CCN1CCC(CN)C1c1cc(Cl)ccc1Cl. The van der Waals surface area contributed by atoms with Gasteiger partial charge in [-0.25, -0.2) is 0 Å². The molecule has 1 aliphatic rings. The van der Waals surface area contributed by atoms with E-state index in [0.717, 1.165) is 35.1 Å². The lowest BCUT2D eigenvalue weighted by atomic mass is 9.94. The fraction of sp³-hybridized carbons (Fsp3) is 0.538. The molecule has 2 nitrogen and oxygen atoms in total. The molecular formula is C13H18Cl2N2. The summed E-state index contributed by atoms with van der Waals surface area (Å²) in [7, 11) is 0. The standard InChI is InChI=1S/C13H18Cl2N2/c1-2-17-6-5-9(8-16)13(17)11-7-10(14)3-4-12(11)15/h3-4,7,9,13H,2,5-6,8,16H2,1H3. The maximum Gasteiger partial charge on any atom is 0.0455 e. The van der Waals surface area contributed by atoms with Crippen LogP contribution < -0.4 is 5.73 Å². The first-order valence-corrected chi connectivity index (χ1v) is 6.82. The van der Waals surface area contributed by atoms with E-state index in [9.17, 15) is 0 Å². The second-order valence-corrected chi connectivity index (χ2v) is 5.37. The van der Waals surface area contributed by atoms with Crippen molar-refractivity contribution in [2.24, 2.45) is 11.7 Å². The first-order valence-electron chi connectivity index (χ1n) is 6.06. The molecule has 1 aliphatic heterocycles. The van der Waals surface area contributed by atoms with Crippen LogP contribution in [0.25, 0.3) is 0 Å². The highest BCUT2D eigenvalue weighted by Crippen LogP contribution is 2.40. The number of benzene rings is 1. The first-order chi connectivity index (χ1) is 8.17. The van der Waals surface area contributed by atoms with Crippen molar-refractivity contribution in [2.75, 3.05) is 19.6 Å². The van der Waals surface area contributed by atoms with E-state index in [-0.39, 0.29) is 0 Å². The van der Waals surface area contributed by atoms with E-state index in [0.29, 0.717) is 18.5 Å². The van der Waals surface area contributed by atoms with Crippen LogP contribution in [0.15, 0.2) is 18.2 Å². The van der Waals surface area contributed by atoms with Crippen molar-refractivity contribution < 1.29 is 0 Å². The molecule has 0 aromatic heterocycles. The summed E-state index contributed by atoms with van der Waals surface area (Å²) in [5.41, 5.74) is 6.98. The van der Waals surface area contributed by atoms with Gasteiger partial charge < -0.3 is 5.73 Å². The molecule has 0 radical (unpaired) electrons. The summed E-state index contributed by atoms with van der Waals surface area (Å²) in [5.74, 6) is 0.478. The number of halogens is 2. The van der Waals surface area contributed by atoms with Crippen molar-refractivity contribution in [2.45, 2.75) is 19.4 Å². The minimum Gasteiger partial charge on any atom is -0.330 e. The van der Waals surface area contributed by atoms with Crippen LogP contribution in [0.5, 0.6) is 0 Å². The zero-order valence-corrected chi connectivity index (χ0v) is 11.5. The van der Waals surface area contributed by atoms with Gasteiger partial charge in [0.2, 0.25) is 0 Å². The molecule has 94 valence electrons. The van der Waals surface area contributed by atoms with E-state index in [1.807, 2.05) is 18.2 Å². The van der Waals surface area contributed by atoms with E-state index in [1.54, 1.807) is 0 Å². The van der Waals surface area contributed by atoms with Crippen LogP contribution >= 0.6 is 23.2 Å². The van der Waals surface area contributed by atoms with Crippen molar-refractivity contribution in [3.63, 3.8) is 0 Å². The Morgan fingerprint density at radius 2 is 2.18 bits per heavy atom. The summed E-state index contributed by atoms with van der Waals surface area (Å²) in [6, 6.07) is 6.00. The van der Waals surface area contributed by atoms with Gasteiger partial charge in [0.15, 0.2) is 0 Å². The van der Waals surface area contributed by atoms with Gasteiger partial charge in [-0.1, -0.05) is 30.1 Å². The Kier molecular flexibility index (Phi) is 4.31. The third kappa shape index (κ3) is 2.60. The van der Waals surface area contributed by atoms with Crippen molar-refractivity contribution in [1.29, 1.82) is 0 Å². The Hall–Kier alpha value is -0.280. The molecule has 0 amide bonds. The van der Waals surface area contributed by atoms with Crippen LogP contribution in [-0.4, -0.2) is 24.5 Å². The molecule has 2 N–H and O–H groups in total. The third-order valence-electron chi connectivity index (χ3n) is 3.61. The number of hydrogen-bond acceptors (Lipinski definition) is 2. The van der Waals surface area contributed by atoms with E-state index >= 15 is 0 Å². The second kappa shape index (κ2) is 5.57. The molecule has 17 heavy (non-hydrogen) atoms. The van der Waals surface area contributed by atoms with E-state index < -0.39 is 0 Å². The van der Waals surface area contributed by atoms with Crippen molar-refractivity contribution in [1.82, 2.24) is 4.90 Å². The molecule has 0 bridgehead atoms. The van der Waals surface area contributed by atoms with Gasteiger partial charge in [0.05, 0.1) is 0 Å². The van der Waals surface area contributed by atoms with Gasteiger partial charge >= 0.3 is 0 Å².